The van der Waals surface area contributed by atoms with Crippen molar-refractivity contribution in [2.45, 2.75) is 39.2 Å². The summed E-state index contributed by atoms with van der Waals surface area (Å²) >= 11 is 0. The van der Waals surface area contributed by atoms with Gasteiger partial charge in [-0.2, -0.15) is 0 Å². The van der Waals surface area contributed by atoms with Crippen molar-refractivity contribution in [2.75, 3.05) is 33.1 Å². The molecule has 1 fully saturated rings. The number of nitrogens with one attached hydrogen (secondary N) is 2. The Kier molecular flexibility index (Phi) is 6.79. The van der Waals surface area contributed by atoms with Crippen molar-refractivity contribution in [1.29, 1.82) is 0 Å². The third-order valence-corrected chi connectivity index (χ3v) is 6.25. The van der Waals surface area contributed by atoms with Crippen molar-refractivity contribution < 1.29 is 28.5 Å². The molecule has 0 saturated carbocycles. The van der Waals surface area contributed by atoms with Gasteiger partial charge in [0.2, 0.25) is 6.79 Å². The van der Waals surface area contributed by atoms with Gasteiger partial charge in [-0.15, -0.1) is 0 Å². The number of aromatic amines is 1. The zero-order valence-electron chi connectivity index (χ0n) is 20.3. The third-order valence-electron chi connectivity index (χ3n) is 6.25. The molecule has 2 aliphatic heterocycles. The fourth-order valence-electron chi connectivity index (χ4n) is 4.45. The summed E-state index contributed by atoms with van der Waals surface area (Å²) in [5.74, 6) is 1.50. The number of fused-ring (bicyclic) bond motifs is 2. The van der Waals surface area contributed by atoms with Gasteiger partial charge < -0.3 is 34.1 Å². The summed E-state index contributed by atoms with van der Waals surface area (Å²) in [4.78, 5) is 38.8. The molecule has 2 aromatic heterocycles. The van der Waals surface area contributed by atoms with E-state index in [0.717, 1.165) is 12.8 Å². The summed E-state index contributed by atoms with van der Waals surface area (Å²) in [6.45, 7) is 5.78. The highest BCUT2D eigenvalue weighted by atomic mass is 16.7. The lowest BCUT2D eigenvalue weighted by molar-refractivity contribution is 0.0931. The topological polar surface area (TPSA) is 128 Å². The predicted molar refractivity (Wildman–Crippen MR) is 130 cm³/mol. The van der Waals surface area contributed by atoms with Crippen LogP contribution in [-0.2, 0) is 4.74 Å². The number of carbonyl (C=O) groups is 2. The van der Waals surface area contributed by atoms with Gasteiger partial charge in [0.05, 0.1) is 29.9 Å². The van der Waals surface area contributed by atoms with E-state index in [0.29, 0.717) is 77.8 Å². The highest BCUT2D eigenvalue weighted by molar-refractivity contribution is 6.08. The fourth-order valence-corrected chi connectivity index (χ4v) is 4.45. The molecule has 2 aliphatic rings. The van der Waals surface area contributed by atoms with E-state index in [1.54, 1.807) is 18.0 Å². The van der Waals surface area contributed by atoms with Gasteiger partial charge in [0.1, 0.15) is 23.3 Å². The number of rotatable bonds is 8. The standard InChI is InChI=1S/C25H29N5O6/c1-3-5-10-34-17-6-7-18-23(36-14-35-18)19(17)21-22-20(27-13-28-21)16(11-26-22)24(31)29-15-8-9-30(12-15)25(32)33-4-2/h6-7,11,13,15,26H,3-5,8-10,12,14H2,1-2H3,(H,29,31)/t15-/m1/s1. The zero-order chi connectivity index (χ0) is 25.1. The Labute approximate surface area is 208 Å². The van der Waals surface area contributed by atoms with Crippen molar-refractivity contribution in [1.82, 2.24) is 25.2 Å². The molecule has 36 heavy (non-hydrogen) atoms. The van der Waals surface area contributed by atoms with E-state index >= 15 is 0 Å². The molecule has 2 N–H and O–H groups in total. The summed E-state index contributed by atoms with van der Waals surface area (Å²) in [5.41, 5.74) is 2.67. The van der Waals surface area contributed by atoms with Crippen LogP contribution >= 0.6 is 0 Å². The summed E-state index contributed by atoms with van der Waals surface area (Å²) in [6, 6.07) is 3.49. The number of aromatic nitrogens is 3. The SMILES string of the molecule is CCCCOc1ccc2c(c1-c1ncnc3c(C(=O)N[C@@H]4CCN(C(=O)OCC)C4)c[nH]c13)OCO2. The zero-order valence-corrected chi connectivity index (χ0v) is 20.3. The summed E-state index contributed by atoms with van der Waals surface area (Å²) in [5, 5.41) is 3.01. The number of hydrogen-bond donors (Lipinski definition) is 2. The van der Waals surface area contributed by atoms with E-state index in [1.165, 1.54) is 6.33 Å². The van der Waals surface area contributed by atoms with Crippen LogP contribution in [0.2, 0.25) is 0 Å². The first-order valence-electron chi connectivity index (χ1n) is 12.2. The normalized spacial score (nSPS) is 16.4. The molecule has 1 aromatic carbocycles. The predicted octanol–water partition coefficient (Wildman–Crippen LogP) is 3.49. The largest absolute Gasteiger partial charge is 0.493 e. The van der Waals surface area contributed by atoms with E-state index in [2.05, 4.69) is 27.2 Å². The van der Waals surface area contributed by atoms with Crippen molar-refractivity contribution in [2.24, 2.45) is 0 Å². The molecule has 190 valence electrons. The molecule has 5 rings (SSSR count). The number of H-pyrrole nitrogens is 1. The molecule has 0 bridgehead atoms. The lowest BCUT2D eigenvalue weighted by atomic mass is 10.1. The fraction of sp³-hybridized carbons (Fsp3) is 0.440. The Morgan fingerprint density at radius 3 is 2.97 bits per heavy atom. The van der Waals surface area contributed by atoms with Gasteiger partial charge in [0, 0.05) is 25.3 Å². The molecular weight excluding hydrogens is 466 g/mol. The van der Waals surface area contributed by atoms with Crippen molar-refractivity contribution in [3.63, 3.8) is 0 Å². The number of ether oxygens (including phenoxy) is 4. The van der Waals surface area contributed by atoms with Crippen LogP contribution in [0, 0.1) is 0 Å². The van der Waals surface area contributed by atoms with Gasteiger partial charge in [-0.25, -0.2) is 14.8 Å². The number of benzene rings is 1. The molecular formula is C25H29N5O6. The van der Waals surface area contributed by atoms with Crippen LogP contribution < -0.4 is 19.5 Å². The van der Waals surface area contributed by atoms with Crippen LogP contribution in [0.4, 0.5) is 4.79 Å². The number of likely N-dealkylation sites (tertiary alicyclic amines) is 1. The first kappa shape index (κ1) is 23.7. The van der Waals surface area contributed by atoms with Gasteiger partial charge in [-0.1, -0.05) is 13.3 Å². The monoisotopic (exact) mass is 495 g/mol. The average Bonchev–Trinajstić information content (AvgIpc) is 3.63. The van der Waals surface area contributed by atoms with Gasteiger partial charge in [0.15, 0.2) is 11.5 Å². The van der Waals surface area contributed by atoms with Crippen LogP contribution in [0.3, 0.4) is 0 Å². The molecule has 1 saturated heterocycles. The Hall–Kier alpha value is -4.02. The average molecular weight is 496 g/mol. The van der Waals surface area contributed by atoms with Gasteiger partial charge in [-0.3, -0.25) is 4.79 Å². The molecule has 11 heteroatoms. The molecule has 4 heterocycles. The van der Waals surface area contributed by atoms with Crippen LogP contribution in [0.1, 0.15) is 43.5 Å². The van der Waals surface area contributed by atoms with Crippen LogP contribution in [0.15, 0.2) is 24.7 Å². The Morgan fingerprint density at radius 2 is 2.14 bits per heavy atom. The van der Waals surface area contributed by atoms with Crippen LogP contribution in [-0.4, -0.2) is 71.0 Å². The van der Waals surface area contributed by atoms with Gasteiger partial charge in [-0.05, 0) is 31.9 Å². The second kappa shape index (κ2) is 10.3. The molecule has 0 aliphatic carbocycles. The molecule has 1 atom stereocenters. The summed E-state index contributed by atoms with van der Waals surface area (Å²) < 4.78 is 22.5. The highest BCUT2D eigenvalue weighted by Crippen LogP contribution is 2.47. The van der Waals surface area contributed by atoms with E-state index in [-0.39, 0.29) is 24.8 Å². The van der Waals surface area contributed by atoms with Crippen molar-refractivity contribution in [3.05, 3.63) is 30.2 Å². The third kappa shape index (κ3) is 4.48. The molecule has 3 aromatic rings. The first-order valence-corrected chi connectivity index (χ1v) is 12.2. The number of unbranched alkanes of at least 4 members (excludes halogenated alkanes) is 1. The van der Waals surface area contributed by atoms with E-state index in [1.807, 2.05) is 12.1 Å². The summed E-state index contributed by atoms with van der Waals surface area (Å²) in [7, 11) is 0. The Bertz CT molecular complexity index is 1280. The van der Waals surface area contributed by atoms with Crippen LogP contribution in [0.25, 0.3) is 22.3 Å². The van der Waals surface area contributed by atoms with E-state index in [9.17, 15) is 9.59 Å². The maximum Gasteiger partial charge on any atom is 0.409 e. The molecule has 2 amide bonds. The molecule has 11 nitrogen and oxygen atoms in total. The van der Waals surface area contributed by atoms with E-state index in [4.69, 9.17) is 18.9 Å². The maximum absolute atomic E-state index is 13.2. The Balaban J connectivity index is 1.43. The number of nitrogens with zero attached hydrogens (tertiary/aromatic N) is 3. The minimum atomic E-state index is -0.364. The van der Waals surface area contributed by atoms with E-state index < -0.39 is 0 Å². The van der Waals surface area contributed by atoms with Crippen molar-refractivity contribution >= 4 is 23.0 Å². The number of carbonyl (C=O) groups excluding carboxylic acids is 2. The van der Waals surface area contributed by atoms with Gasteiger partial charge in [0.25, 0.3) is 5.91 Å². The molecule has 0 radical (unpaired) electrons. The number of amides is 2. The molecule has 0 unspecified atom stereocenters. The Morgan fingerprint density at radius 1 is 1.25 bits per heavy atom. The number of hydrogen-bond acceptors (Lipinski definition) is 8. The first-order chi connectivity index (χ1) is 17.6. The summed E-state index contributed by atoms with van der Waals surface area (Å²) in [6.07, 6.45) is 5.25. The lowest BCUT2D eigenvalue weighted by Gasteiger charge is -2.16. The minimum absolute atomic E-state index is 0.109. The highest BCUT2D eigenvalue weighted by Gasteiger charge is 2.30. The van der Waals surface area contributed by atoms with Gasteiger partial charge >= 0.3 is 6.09 Å². The minimum Gasteiger partial charge on any atom is -0.493 e. The quantitative estimate of drug-likeness (QED) is 0.455. The van der Waals surface area contributed by atoms with Crippen molar-refractivity contribution in [3.8, 4) is 28.5 Å². The maximum atomic E-state index is 13.2. The second-order valence-electron chi connectivity index (χ2n) is 8.63. The second-order valence-corrected chi connectivity index (χ2v) is 8.63. The van der Waals surface area contributed by atoms with Crippen LogP contribution in [0.5, 0.6) is 17.2 Å². The molecule has 0 spiro atoms. The lowest BCUT2D eigenvalue weighted by Crippen LogP contribution is -2.38. The smallest absolute Gasteiger partial charge is 0.409 e.